The molecule has 0 aliphatic rings. The van der Waals surface area contributed by atoms with E-state index in [2.05, 4.69) is 4.98 Å². The smallest absolute Gasteiger partial charge is 0.150 e. The molecule has 1 aromatic carbocycles. The highest BCUT2D eigenvalue weighted by atomic mass is 35.5. The van der Waals surface area contributed by atoms with E-state index in [-0.39, 0.29) is 10.7 Å². The van der Waals surface area contributed by atoms with E-state index in [1.165, 1.54) is 18.2 Å². The lowest BCUT2D eigenvalue weighted by atomic mass is 9.98. The van der Waals surface area contributed by atoms with Gasteiger partial charge in [0, 0.05) is 5.56 Å². The fourth-order valence-electron chi connectivity index (χ4n) is 1.73. The lowest BCUT2D eigenvalue weighted by molar-refractivity contribution is 0.111. The van der Waals surface area contributed by atoms with Gasteiger partial charge in [0.2, 0.25) is 0 Å². The number of pyridine rings is 1. The second kappa shape index (κ2) is 5.61. The van der Waals surface area contributed by atoms with Gasteiger partial charge >= 0.3 is 0 Å². The van der Waals surface area contributed by atoms with Crippen molar-refractivity contribution in [3.63, 3.8) is 0 Å². The highest BCUT2D eigenvalue weighted by Crippen LogP contribution is 2.24. The van der Waals surface area contributed by atoms with Crippen molar-refractivity contribution in [3.8, 4) is 6.07 Å². The molecule has 1 heterocycles. The Hall–Kier alpha value is -2.22. The molecular weight excluding hydrogens is 264 g/mol. The summed E-state index contributed by atoms with van der Waals surface area (Å²) in [5.74, 6) is 0. The zero-order valence-electron chi connectivity index (χ0n) is 9.75. The van der Waals surface area contributed by atoms with Crippen LogP contribution in [-0.4, -0.2) is 16.4 Å². The van der Waals surface area contributed by atoms with Crippen LogP contribution in [-0.2, 0) is 0 Å². The molecule has 0 fully saturated rings. The predicted molar refractivity (Wildman–Crippen MR) is 69.9 cm³/mol. The van der Waals surface area contributed by atoms with Crippen LogP contribution >= 0.6 is 11.6 Å². The van der Waals surface area contributed by atoms with Gasteiger partial charge in [-0.1, -0.05) is 23.7 Å². The molecule has 2 rings (SSSR count). The van der Waals surface area contributed by atoms with Crippen LogP contribution in [0.2, 0.25) is 5.15 Å². The molecule has 0 saturated heterocycles. The number of hydrogen-bond acceptors (Lipinski definition) is 4. The van der Waals surface area contributed by atoms with Gasteiger partial charge in [-0.05, 0) is 29.8 Å². The summed E-state index contributed by atoms with van der Waals surface area (Å²) in [5, 5.41) is 19.3. The zero-order valence-corrected chi connectivity index (χ0v) is 10.5. The maximum absolute atomic E-state index is 11.0. The number of halogens is 1. The van der Waals surface area contributed by atoms with Crippen molar-refractivity contribution < 1.29 is 9.90 Å². The van der Waals surface area contributed by atoms with Gasteiger partial charge in [-0.25, -0.2) is 4.98 Å². The summed E-state index contributed by atoms with van der Waals surface area (Å²) < 4.78 is 0. The number of benzene rings is 1. The Morgan fingerprint density at radius 3 is 2.79 bits per heavy atom. The van der Waals surface area contributed by atoms with Crippen molar-refractivity contribution in [2.45, 2.75) is 6.10 Å². The summed E-state index contributed by atoms with van der Waals surface area (Å²) in [6.45, 7) is 0. The van der Waals surface area contributed by atoms with Crippen LogP contribution in [0.4, 0.5) is 0 Å². The fraction of sp³-hybridized carbons (Fsp3) is 0.0714. The van der Waals surface area contributed by atoms with Crippen molar-refractivity contribution in [2.75, 3.05) is 0 Å². The highest BCUT2D eigenvalue weighted by Gasteiger charge is 2.16. The summed E-state index contributed by atoms with van der Waals surface area (Å²) in [6, 6.07) is 11.3. The Kier molecular flexibility index (Phi) is 3.91. The normalized spacial score (nSPS) is 11.6. The van der Waals surface area contributed by atoms with E-state index in [0.29, 0.717) is 23.1 Å². The molecule has 0 radical (unpaired) electrons. The van der Waals surface area contributed by atoms with E-state index in [0.717, 1.165) is 0 Å². The van der Waals surface area contributed by atoms with Crippen molar-refractivity contribution in [3.05, 3.63) is 63.9 Å². The molecule has 0 bridgehead atoms. The second-order valence-corrected chi connectivity index (χ2v) is 4.25. The molecule has 94 valence electrons. The summed E-state index contributed by atoms with van der Waals surface area (Å²) >= 11 is 5.76. The lowest BCUT2D eigenvalue weighted by Gasteiger charge is -2.13. The summed E-state index contributed by atoms with van der Waals surface area (Å²) in [4.78, 5) is 15.0. The molecule has 4 nitrogen and oxygen atoms in total. The number of carbonyl (C=O) groups excluding carboxylic acids is 1. The third-order valence-electron chi connectivity index (χ3n) is 2.65. The Labute approximate surface area is 114 Å². The zero-order chi connectivity index (χ0) is 13.8. The van der Waals surface area contributed by atoms with Gasteiger partial charge in [-0.15, -0.1) is 0 Å². The van der Waals surface area contributed by atoms with Gasteiger partial charge < -0.3 is 5.11 Å². The molecule has 1 atom stereocenters. The lowest BCUT2D eigenvalue weighted by Crippen LogP contribution is -2.06. The van der Waals surface area contributed by atoms with E-state index < -0.39 is 6.10 Å². The number of aromatic nitrogens is 1. The Morgan fingerprint density at radius 2 is 2.16 bits per heavy atom. The van der Waals surface area contributed by atoms with Gasteiger partial charge in [0.25, 0.3) is 0 Å². The molecule has 5 heteroatoms. The number of nitrogens with zero attached hydrogens (tertiary/aromatic N) is 2. The molecule has 1 aromatic heterocycles. The standard InChI is InChI=1S/C14H9ClN2O2/c15-13-3-1-2-12(17-13)14(19)11-5-4-9(7-16)6-10(11)8-18/h1-6,8,14,19H. The molecule has 0 amide bonds. The first-order valence-electron chi connectivity index (χ1n) is 5.45. The minimum atomic E-state index is -1.06. The van der Waals surface area contributed by atoms with Crippen LogP contribution in [0.1, 0.15) is 33.3 Å². The summed E-state index contributed by atoms with van der Waals surface area (Å²) in [5.41, 5.74) is 1.36. The number of aldehydes is 1. The SMILES string of the molecule is N#Cc1ccc(C(O)c2cccc(Cl)n2)c(C=O)c1. The molecule has 0 saturated carbocycles. The Balaban J connectivity index is 2.47. The number of aliphatic hydroxyl groups excluding tert-OH is 1. The second-order valence-electron chi connectivity index (χ2n) is 3.86. The molecule has 1 unspecified atom stereocenters. The Bertz CT molecular complexity index is 665. The summed E-state index contributed by atoms with van der Waals surface area (Å²) in [7, 11) is 0. The largest absolute Gasteiger partial charge is 0.382 e. The van der Waals surface area contributed by atoms with Crippen molar-refractivity contribution in [2.24, 2.45) is 0 Å². The third kappa shape index (κ3) is 2.79. The topological polar surface area (TPSA) is 74.0 Å². The van der Waals surface area contributed by atoms with Gasteiger partial charge in [-0.2, -0.15) is 5.26 Å². The van der Waals surface area contributed by atoms with Crippen molar-refractivity contribution in [1.82, 2.24) is 4.98 Å². The van der Waals surface area contributed by atoms with Gasteiger partial charge in [0.1, 0.15) is 17.5 Å². The predicted octanol–water partition coefficient (Wildman–Crippen LogP) is 2.50. The third-order valence-corrected chi connectivity index (χ3v) is 2.86. The van der Waals surface area contributed by atoms with E-state index in [1.54, 1.807) is 18.2 Å². The van der Waals surface area contributed by atoms with Crippen LogP contribution in [0.5, 0.6) is 0 Å². The first kappa shape index (κ1) is 13.2. The molecule has 0 aliphatic carbocycles. The van der Waals surface area contributed by atoms with Crippen molar-refractivity contribution >= 4 is 17.9 Å². The van der Waals surface area contributed by atoms with Gasteiger partial charge in [0.15, 0.2) is 0 Å². The molecule has 0 aliphatic heterocycles. The number of aliphatic hydroxyl groups is 1. The minimum absolute atomic E-state index is 0.258. The first-order chi connectivity index (χ1) is 9.15. The Morgan fingerprint density at radius 1 is 1.37 bits per heavy atom. The number of hydrogen-bond donors (Lipinski definition) is 1. The van der Waals surface area contributed by atoms with E-state index in [1.807, 2.05) is 6.07 Å². The molecule has 19 heavy (non-hydrogen) atoms. The number of rotatable bonds is 3. The van der Waals surface area contributed by atoms with Crippen LogP contribution in [0.3, 0.4) is 0 Å². The quantitative estimate of drug-likeness (QED) is 0.688. The number of carbonyl (C=O) groups is 1. The molecule has 2 aromatic rings. The van der Waals surface area contributed by atoms with Gasteiger partial charge in [0.05, 0.1) is 17.3 Å². The molecular formula is C14H9ClN2O2. The fourth-order valence-corrected chi connectivity index (χ4v) is 1.90. The van der Waals surface area contributed by atoms with Crippen LogP contribution in [0.15, 0.2) is 36.4 Å². The minimum Gasteiger partial charge on any atom is -0.382 e. The molecule has 1 N–H and O–H groups in total. The maximum Gasteiger partial charge on any atom is 0.150 e. The van der Waals surface area contributed by atoms with Crippen LogP contribution in [0.25, 0.3) is 0 Å². The van der Waals surface area contributed by atoms with E-state index in [9.17, 15) is 9.90 Å². The summed E-state index contributed by atoms with van der Waals surface area (Å²) in [6.07, 6.45) is -0.462. The monoisotopic (exact) mass is 272 g/mol. The average molecular weight is 273 g/mol. The van der Waals surface area contributed by atoms with E-state index >= 15 is 0 Å². The van der Waals surface area contributed by atoms with Crippen LogP contribution < -0.4 is 0 Å². The molecule has 0 spiro atoms. The van der Waals surface area contributed by atoms with Gasteiger partial charge in [-0.3, -0.25) is 4.79 Å². The average Bonchev–Trinajstić information content (AvgIpc) is 2.45. The highest BCUT2D eigenvalue weighted by molar-refractivity contribution is 6.29. The maximum atomic E-state index is 11.0. The van der Waals surface area contributed by atoms with E-state index in [4.69, 9.17) is 16.9 Å². The first-order valence-corrected chi connectivity index (χ1v) is 5.83. The number of nitriles is 1. The van der Waals surface area contributed by atoms with Crippen molar-refractivity contribution in [1.29, 1.82) is 5.26 Å². The van der Waals surface area contributed by atoms with Crippen LogP contribution in [0, 0.1) is 11.3 Å².